The molecule has 0 aromatic heterocycles. The summed E-state index contributed by atoms with van der Waals surface area (Å²) in [4.78, 5) is 15.9. The lowest BCUT2D eigenvalue weighted by molar-refractivity contribution is -0.123. The number of hydrogen-bond acceptors (Lipinski definition) is 4. The fourth-order valence-corrected chi connectivity index (χ4v) is 2.43. The van der Waals surface area contributed by atoms with Crippen LogP contribution < -0.4 is 10.6 Å². The topological polar surface area (TPSA) is 53.5 Å². The smallest absolute Gasteiger partial charge is 0.230 e. The molecule has 4 nitrogen and oxygen atoms in total. The van der Waals surface area contributed by atoms with Crippen molar-refractivity contribution < 1.29 is 4.79 Å². The van der Waals surface area contributed by atoms with Crippen molar-refractivity contribution in [1.82, 2.24) is 10.6 Å². The van der Waals surface area contributed by atoms with Crippen molar-refractivity contribution in [2.45, 2.75) is 12.8 Å². The number of rotatable bonds is 1. The van der Waals surface area contributed by atoms with Gasteiger partial charge in [0.15, 0.2) is 5.17 Å². The third-order valence-electron chi connectivity index (χ3n) is 2.48. The molecule has 1 amide bonds. The monoisotopic (exact) mass is 249 g/mol. The predicted molar refractivity (Wildman–Crippen MR) is 65.7 cm³/mol. The van der Waals surface area contributed by atoms with Gasteiger partial charge in [-0.15, -0.1) is 12.4 Å². The first-order valence-electron chi connectivity index (χ1n) is 5.05. The highest BCUT2D eigenvalue weighted by Crippen LogP contribution is 2.13. The van der Waals surface area contributed by atoms with Crippen molar-refractivity contribution in [2.24, 2.45) is 10.9 Å². The molecule has 6 heteroatoms. The minimum absolute atomic E-state index is 0. The van der Waals surface area contributed by atoms with Gasteiger partial charge in [-0.2, -0.15) is 0 Å². The number of amidine groups is 1. The van der Waals surface area contributed by atoms with Gasteiger partial charge in [0.2, 0.25) is 5.91 Å². The average molecular weight is 250 g/mol. The number of carbonyl (C=O) groups is 1. The standard InChI is InChI=1S/C9H15N3OS.ClH/c13-8(7-2-1-3-10-6-7)12-9-11-4-5-14-9;/h7,10H,1-6H2,(H,11,12,13);1H/t7-;/m1./s1. The molecule has 1 saturated heterocycles. The first kappa shape index (κ1) is 12.8. The maximum atomic E-state index is 11.7. The van der Waals surface area contributed by atoms with Crippen LogP contribution in [-0.4, -0.2) is 36.5 Å². The Balaban J connectivity index is 0.00000112. The summed E-state index contributed by atoms with van der Waals surface area (Å²) in [5, 5.41) is 6.92. The zero-order chi connectivity index (χ0) is 9.80. The van der Waals surface area contributed by atoms with Gasteiger partial charge in [0.05, 0.1) is 12.5 Å². The molecule has 2 aliphatic rings. The predicted octanol–water partition coefficient (Wildman–Crippen LogP) is 0.627. The van der Waals surface area contributed by atoms with E-state index in [0.717, 1.165) is 43.4 Å². The third kappa shape index (κ3) is 3.66. The average Bonchev–Trinajstić information content (AvgIpc) is 2.72. The van der Waals surface area contributed by atoms with Crippen LogP contribution >= 0.6 is 24.2 Å². The van der Waals surface area contributed by atoms with Crippen LogP contribution in [0.3, 0.4) is 0 Å². The van der Waals surface area contributed by atoms with Crippen LogP contribution in [0, 0.1) is 5.92 Å². The lowest BCUT2D eigenvalue weighted by atomic mass is 9.99. The van der Waals surface area contributed by atoms with E-state index in [1.54, 1.807) is 11.8 Å². The first-order valence-corrected chi connectivity index (χ1v) is 6.03. The van der Waals surface area contributed by atoms with E-state index < -0.39 is 0 Å². The van der Waals surface area contributed by atoms with Gasteiger partial charge in [-0.05, 0) is 19.4 Å². The van der Waals surface area contributed by atoms with E-state index in [-0.39, 0.29) is 24.2 Å². The van der Waals surface area contributed by atoms with Crippen molar-refractivity contribution >= 4 is 35.2 Å². The number of nitrogens with one attached hydrogen (secondary N) is 2. The molecule has 0 aliphatic carbocycles. The van der Waals surface area contributed by atoms with Crippen LogP contribution in [0.5, 0.6) is 0 Å². The summed E-state index contributed by atoms with van der Waals surface area (Å²) < 4.78 is 0. The lowest BCUT2D eigenvalue weighted by Gasteiger charge is -2.21. The Kier molecular flexibility index (Phi) is 5.42. The van der Waals surface area contributed by atoms with Crippen molar-refractivity contribution in [3.63, 3.8) is 0 Å². The van der Waals surface area contributed by atoms with Crippen LogP contribution in [0.2, 0.25) is 0 Å². The van der Waals surface area contributed by atoms with E-state index in [0.29, 0.717) is 0 Å². The van der Waals surface area contributed by atoms with Gasteiger partial charge in [-0.3, -0.25) is 9.79 Å². The van der Waals surface area contributed by atoms with Crippen LogP contribution in [0.4, 0.5) is 0 Å². The molecule has 1 fully saturated rings. The number of hydrogen-bond donors (Lipinski definition) is 2. The van der Waals surface area contributed by atoms with Crippen LogP contribution in [0.25, 0.3) is 0 Å². The fourth-order valence-electron chi connectivity index (χ4n) is 1.69. The highest BCUT2D eigenvalue weighted by molar-refractivity contribution is 8.14. The SMILES string of the molecule is Cl.O=C(NC1=NCCS1)[C@@H]1CCCNC1. The molecule has 2 rings (SSSR count). The Labute approximate surface area is 100 Å². The van der Waals surface area contributed by atoms with Gasteiger partial charge in [0.25, 0.3) is 0 Å². The van der Waals surface area contributed by atoms with Crippen molar-refractivity contribution in [1.29, 1.82) is 0 Å². The summed E-state index contributed by atoms with van der Waals surface area (Å²) in [5.74, 6) is 1.26. The second-order valence-electron chi connectivity index (χ2n) is 3.57. The lowest BCUT2D eigenvalue weighted by Crippen LogP contribution is -2.41. The number of halogens is 1. The molecule has 1 atom stereocenters. The molecule has 86 valence electrons. The van der Waals surface area contributed by atoms with E-state index in [2.05, 4.69) is 15.6 Å². The quantitative estimate of drug-likeness (QED) is 0.717. The second-order valence-corrected chi connectivity index (χ2v) is 4.65. The summed E-state index contributed by atoms with van der Waals surface area (Å²) in [6.45, 7) is 2.69. The minimum Gasteiger partial charge on any atom is -0.316 e. The molecule has 0 saturated carbocycles. The summed E-state index contributed by atoms with van der Waals surface area (Å²) in [7, 11) is 0. The highest BCUT2D eigenvalue weighted by Gasteiger charge is 2.22. The molecule has 15 heavy (non-hydrogen) atoms. The molecule has 0 spiro atoms. The Morgan fingerprint density at radius 3 is 3.07 bits per heavy atom. The Hall–Kier alpha value is -0.260. The van der Waals surface area contributed by atoms with Crippen molar-refractivity contribution in [3.05, 3.63) is 0 Å². The van der Waals surface area contributed by atoms with E-state index in [1.807, 2.05) is 0 Å². The zero-order valence-corrected chi connectivity index (χ0v) is 10.1. The van der Waals surface area contributed by atoms with Gasteiger partial charge < -0.3 is 10.6 Å². The number of thioether (sulfide) groups is 1. The largest absolute Gasteiger partial charge is 0.316 e. The van der Waals surface area contributed by atoms with Crippen molar-refractivity contribution in [3.8, 4) is 0 Å². The molecule has 0 radical (unpaired) electrons. The van der Waals surface area contributed by atoms with Crippen LogP contribution in [0.1, 0.15) is 12.8 Å². The Morgan fingerprint density at radius 1 is 1.60 bits per heavy atom. The molecule has 2 N–H and O–H groups in total. The fraction of sp³-hybridized carbons (Fsp3) is 0.778. The summed E-state index contributed by atoms with van der Waals surface area (Å²) in [6.07, 6.45) is 2.09. The third-order valence-corrected chi connectivity index (χ3v) is 3.37. The normalized spacial score (nSPS) is 25.3. The second kappa shape index (κ2) is 6.35. The van der Waals surface area contributed by atoms with Gasteiger partial charge in [0, 0.05) is 12.3 Å². The van der Waals surface area contributed by atoms with E-state index >= 15 is 0 Å². The maximum Gasteiger partial charge on any atom is 0.230 e. The molecule has 2 aliphatic heterocycles. The van der Waals surface area contributed by atoms with E-state index in [4.69, 9.17) is 0 Å². The van der Waals surface area contributed by atoms with E-state index in [9.17, 15) is 4.79 Å². The van der Waals surface area contributed by atoms with Gasteiger partial charge in [-0.25, -0.2) is 0 Å². The highest BCUT2D eigenvalue weighted by atomic mass is 35.5. The van der Waals surface area contributed by atoms with Crippen LogP contribution in [0.15, 0.2) is 4.99 Å². The molecular formula is C9H16ClN3OS. The number of carbonyl (C=O) groups excluding carboxylic acids is 1. The summed E-state index contributed by atoms with van der Waals surface area (Å²) in [6, 6.07) is 0. The molecule has 2 heterocycles. The molecule has 0 aromatic rings. The van der Waals surface area contributed by atoms with Gasteiger partial charge in [-0.1, -0.05) is 11.8 Å². The zero-order valence-electron chi connectivity index (χ0n) is 8.49. The van der Waals surface area contributed by atoms with Crippen LogP contribution in [-0.2, 0) is 4.79 Å². The van der Waals surface area contributed by atoms with E-state index in [1.165, 1.54) is 0 Å². The molecule has 0 unspecified atom stereocenters. The number of aliphatic imine (C=N–C) groups is 1. The number of piperidine rings is 1. The first-order chi connectivity index (χ1) is 6.86. The molecule has 0 aromatic carbocycles. The summed E-state index contributed by atoms with van der Waals surface area (Å²) >= 11 is 1.63. The number of amides is 1. The maximum absolute atomic E-state index is 11.7. The molecular weight excluding hydrogens is 234 g/mol. The summed E-state index contributed by atoms with van der Waals surface area (Å²) in [5.41, 5.74) is 0. The van der Waals surface area contributed by atoms with Gasteiger partial charge in [0.1, 0.15) is 0 Å². The Bertz CT molecular complexity index is 254. The molecule has 0 bridgehead atoms. The van der Waals surface area contributed by atoms with Crippen molar-refractivity contribution in [2.75, 3.05) is 25.4 Å². The Morgan fingerprint density at radius 2 is 2.47 bits per heavy atom. The minimum atomic E-state index is 0. The van der Waals surface area contributed by atoms with Gasteiger partial charge >= 0.3 is 0 Å². The number of nitrogens with zero attached hydrogens (tertiary/aromatic N) is 1.